The van der Waals surface area contributed by atoms with E-state index in [9.17, 15) is 0 Å². The molecule has 1 aliphatic rings. The molecular formula is C7H13N3O. The number of aliphatic hydroxyl groups is 1. The maximum atomic E-state index is 8.85. The Morgan fingerprint density at radius 2 is 2.18 bits per heavy atom. The second-order valence-electron chi connectivity index (χ2n) is 3.00. The van der Waals surface area contributed by atoms with Crippen molar-refractivity contribution in [3.8, 4) is 0 Å². The molecule has 0 radical (unpaired) electrons. The van der Waals surface area contributed by atoms with Gasteiger partial charge in [-0.2, -0.15) is 0 Å². The highest BCUT2D eigenvalue weighted by Crippen LogP contribution is 2.29. The second-order valence-corrected chi connectivity index (χ2v) is 3.00. The summed E-state index contributed by atoms with van der Waals surface area (Å²) in [4.78, 5) is 2.72. The molecule has 1 unspecified atom stereocenters. The molecule has 1 N–H and O–H groups in total. The van der Waals surface area contributed by atoms with E-state index < -0.39 is 0 Å². The van der Waals surface area contributed by atoms with Crippen LogP contribution in [0.15, 0.2) is 5.11 Å². The minimum Gasteiger partial charge on any atom is -0.396 e. The van der Waals surface area contributed by atoms with Gasteiger partial charge in [0.2, 0.25) is 0 Å². The molecule has 0 amide bonds. The van der Waals surface area contributed by atoms with Crippen molar-refractivity contribution in [3.05, 3.63) is 10.4 Å². The predicted molar refractivity (Wildman–Crippen MR) is 42.0 cm³/mol. The van der Waals surface area contributed by atoms with Crippen molar-refractivity contribution in [2.24, 2.45) is 11.0 Å². The molecule has 1 aliphatic carbocycles. The van der Waals surface area contributed by atoms with Crippen LogP contribution in [0.5, 0.6) is 0 Å². The van der Waals surface area contributed by atoms with E-state index in [0.29, 0.717) is 5.92 Å². The largest absolute Gasteiger partial charge is 0.396 e. The summed E-state index contributed by atoms with van der Waals surface area (Å²) >= 11 is 0. The summed E-state index contributed by atoms with van der Waals surface area (Å²) in [6.45, 7) is -0.00523. The van der Waals surface area contributed by atoms with Crippen molar-refractivity contribution in [2.75, 3.05) is 6.61 Å². The van der Waals surface area contributed by atoms with E-state index in [2.05, 4.69) is 10.0 Å². The van der Waals surface area contributed by atoms with E-state index in [-0.39, 0.29) is 12.6 Å². The van der Waals surface area contributed by atoms with Crippen molar-refractivity contribution >= 4 is 0 Å². The molecule has 0 heterocycles. The van der Waals surface area contributed by atoms with Crippen LogP contribution in [0.25, 0.3) is 10.4 Å². The zero-order valence-corrected chi connectivity index (χ0v) is 6.48. The molecule has 1 saturated carbocycles. The number of hydrogen-bond acceptors (Lipinski definition) is 2. The van der Waals surface area contributed by atoms with Gasteiger partial charge in [0.15, 0.2) is 0 Å². The van der Waals surface area contributed by atoms with Crippen LogP contribution in [-0.2, 0) is 0 Å². The number of aliphatic hydroxyl groups excluding tert-OH is 1. The minimum absolute atomic E-state index is 0.00523. The van der Waals surface area contributed by atoms with Gasteiger partial charge < -0.3 is 5.11 Å². The fraction of sp³-hybridized carbons (Fsp3) is 1.00. The Balaban J connectivity index is 2.45. The number of rotatable bonds is 3. The molecule has 0 aliphatic heterocycles. The lowest BCUT2D eigenvalue weighted by Gasteiger charge is -2.14. The van der Waals surface area contributed by atoms with Gasteiger partial charge >= 0.3 is 0 Å². The van der Waals surface area contributed by atoms with Gasteiger partial charge in [0, 0.05) is 4.91 Å². The average molecular weight is 155 g/mol. The Morgan fingerprint density at radius 3 is 2.64 bits per heavy atom. The van der Waals surface area contributed by atoms with Crippen molar-refractivity contribution in [1.82, 2.24) is 0 Å². The quantitative estimate of drug-likeness (QED) is 0.377. The highest BCUT2D eigenvalue weighted by Gasteiger charge is 2.22. The highest BCUT2D eigenvalue weighted by molar-refractivity contribution is 4.79. The molecule has 1 atom stereocenters. The second kappa shape index (κ2) is 4.21. The molecule has 62 valence electrons. The van der Waals surface area contributed by atoms with E-state index in [1.807, 2.05) is 0 Å². The van der Waals surface area contributed by atoms with Crippen LogP contribution in [0.1, 0.15) is 25.7 Å². The van der Waals surface area contributed by atoms with E-state index in [1.165, 1.54) is 12.8 Å². The molecule has 4 heteroatoms. The van der Waals surface area contributed by atoms with Crippen LogP contribution in [0.4, 0.5) is 0 Å². The highest BCUT2D eigenvalue weighted by atomic mass is 16.3. The standard InChI is InChI=1S/C7H13N3O/c8-10-9-7(5-11)6-3-1-2-4-6/h6-7,11H,1-5H2. The van der Waals surface area contributed by atoms with Crippen LogP contribution >= 0.6 is 0 Å². The van der Waals surface area contributed by atoms with Gasteiger partial charge in [-0.3, -0.25) is 0 Å². The molecule has 4 nitrogen and oxygen atoms in total. The van der Waals surface area contributed by atoms with Gasteiger partial charge in [-0.25, -0.2) is 0 Å². The zero-order chi connectivity index (χ0) is 8.10. The first kappa shape index (κ1) is 8.37. The van der Waals surface area contributed by atoms with Crippen LogP contribution < -0.4 is 0 Å². The van der Waals surface area contributed by atoms with Crippen molar-refractivity contribution in [3.63, 3.8) is 0 Å². The summed E-state index contributed by atoms with van der Waals surface area (Å²) < 4.78 is 0. The SMILES string of the molecule is [N-]=[N+]=NC(CO)C1CCCC1. The molecule has 0 aromatic carbocycles. The average Bonchev–Trinajstić information content (AvgIpc) is 2.52. The summed E-state index contributed by atoms with van der Waals surface area (Å²) in [6.07, 6.45) is 4.62. The first-order chi connectivity index (χ1) is 5.38. The maximum absolute atomic E-state index is 8.85. The third kappa shape index (κ3) is 2.10. The van der Waals surface area contributed by atoms with Crippen LogP contribution in [0.3, 0.4) is 0 Å². The molecular weight excluding hydrogens is 142 g/mol. The Bertz CT molecular complexity index is 159. The monoisotopic (exact) mass is 155 g/mol. The maximum Gasteiger partial charge on any atom is 0.0633 e. The molecule has 0 aromatic rings. The fourth-order valence-electron chi connectivity index (χ4n) is 1.69. The lowest BCUT2D eigenvalue weighted by molar-refractivity contribution is 0.227. The van der Waals surface area contributed by atoms with Crippen LogP contribution in [0, 0.1) is 5.92 Å². The van der Waals surface area contributed by atoms with Gasteiger partial charge in [0.1, 0.15) is 0 Å². The van der Waals surface area contributed by atoms with E-state index >= 15 is 0 Å². The lowest BCUT2D eigenvalue weighted by Crippen LogP contribution is -2.19. The number of nitrogens with zero attached hydrogens (tertiary/aromatic N) is 3. The van der Waals surface area contributed by atoms with Crippen molar-refractivity contribution in [1.29, 1.82) is 0 Å². The van der Waals surface area contributed by atoms with Gasteiger partial charge in [0.25, 0.3) is 0 Å². The summed E-state index contributed by atoms with van der Waals surface area (Å²) in [7, 11) is 0. The third-order valence-corrected chi connectivity index (χ3v) is 2.33. The van der Waals surface area contributed by atoms with Gasteiger partial charge in [0.05, 0.1) is 12.6 Å². The smallest absolute Gasteiger partial charge is 0.0633 e. The van der Waals surface area contributed by atoms with Crippen molar-refractivity contribution in [2.45, 2.75) is 31.7 Å². The third-order valence-electron chi connectivity index (χ3n) is 2.33. The Morgan fingerprint density at radius 1 is 1.55 bits per heavy atom. The van der Waals surface area contributed by atoms with E-state index in [4.69, 9.17) is 10.6 Å². The van der Waals surface area contributed by atoms with Crippen LogP contribution in [-0.4, -0.2) is 17.8 Å². The normalized spacial score (nSPS) is 21.2. The molecule has 0 saturated heterocycles. The summed E-state index contributed by atoms with van der Waals surface area (Å²) in [5.74, 6) is 0.427. The Hall–Kier alpha value is -0.730. The molecule has 0 bridgehead atoms. The van der Waals surface area contributed by atoms with E-state index in [0.717, 1.165) is 12.8 Å². The topological polar surface area (TPSA) is 69.0 Å². The first-order valence-corrected chi connectivity index (χ1v) is 4.03. The van der Waals surface area contributed by atoms with E-state index in [1.54, 1.807) is 0 Å². The zero-order valence-electron chi connectivity index (χ0n) is 6.48. The van der Waals surface area contributed by atoms with Gasteiger partial charge in [-0.15, -0.1) is 0 Å². The van der Waals surface area contributed by atoms with Crippen molar-refractivity contribution < 1.29 is 5.11 Å². The minimum atomic E-state index is -0.178. The molecule has 0 aromatic heterocycles. The number of hydrogen-bond donors (Lipinski definition) is 1. The molecule has 1 fully saturated rings. The predicted octanol–water partition coefficient (Wildman–Crippen LogP) is 1.85. The summed E-state index contributed by atoms with van der Waals surface area (Å²) in [6, 6.07) is -0.178. The summed E-state index contributed by atoms with van der Waals surface area (Å²) in [5.41, 5.74) is 8.18. The lowest BCUT2D eigenvalue weighted by atomic mass is 10.00. The fourth-order valence-corrected chi connectivity index (χ4v) is 1.69. The Labute approximate surface area is 65.9 Å². The number of azide groups is 1. The molecule has 11 heavy (non-hydrogen) atoms. The van der Waals surface area contributed by atoms with Gasteiger partial charge in [-0.1, -0.05) is 18.0 Å². The molecule has 1 rings (SSSR count). The first-order valence-electron chi connectivity index (χ1n) is 4.03. The van der Waals surface area contributed by atoms with Gasteiger partial charge in [-0.05, 0) is 24.3 Å². The molecule has 0 spiro atoms. The van der Waals surface area contributed by atoms with Crippen LogP contribution in [0.2, 0.25) is 0 Å². The Kier molecular flexibility index (Phi) is 3.20. The summed E-state index contributed by atoms with van der Waals surface area (Å²) in [5, 5.41) is 12.4.